The van der Waals surface area contributed by atoms with Crippen LogP contribution in [0.3, 0.4) is 0 Å². The van der Waals surface area contributed by atoms with Gasteiger partial charge in [0.05, 0.1) is 6.61 Å². The number of nitrogens with one attached hydrogen (secondary N) is 1. The predicted octanol–water partition coefficient (Wildman–Crippen LogP) is -1.47. The molecule has 0 saturated carbocycles. The van der Waals surface area contributed by atoms with Crippen molar-refractivity contribution in [3.63, 3.8) is 0 Å². The van der Waals surface area contributed by atoms with Gasteiger partial charge in [-0.05, 0) is 0 Å². The number of rotatable bonds is 0. The van der Waals surface area contributed by atoms with Crippen molar-refractivity contribution in [3.05, 3.63) is 0 Å². The summed E-state index contributed by atoms with van der Waals surface area (Å²) in [6.45, 7) is 4.51. The number of ether oxygens (including phenoxy) is 1. The molecular weight excluding hydrogens is 130 g/mol. The maximum Gasteiger partial charge on any atom is 0.109 e. The van der Waals surface area contributed by atoms with Gasteiger partial charge in [0.15, 0.2) is 0 Å². The van der Waals surface area contributed by atoms with Crippen molar-refractivity contribution in [3.8, 4) is 0 Å². The van der Waals surface area contributed by atoms with Gasteiger partial charge in [-0.1, -0.05) is 0 Å². The van der Waals surface area contributed by atoms with E-state index in [1.54, 1.807) is 5.01 Å². The largest absolute Gasteiger partial charge is 0.370 e. The van der Waals surface area contributed by atoms with Gasteiger partial charge in [0.1, 0.15) is 5.60 Å². The van der Waals surface area contributed by atoms with Crippen molar-refractivity contribution in [1.82, 2.24) is 10.3 Å². The summed E-state index contributed by atoms with van der Waals surface area (Å²) in [6.07, 6.45) is 0. The Morgan fingerprint density at radius 3 is 2.80 bits per heavy atom. The third-order valence-corrected chi connectivity index (χ3v) is 2.12. The van der Waals surface area contributed by atoms with Gasteiger partial charge in [-0.25, -0.2) is 5.01 Å². The summed E-state index contributed by atoms with van der Waals surface area (Å²) < 4.78 is 5.59. The first-order valence-electron chi connectivity index (χ1n) is 3.65. The van der Waals surface area contributed by atoms with Crippen LogP contribution in [0.4, 0.5) is 0 Å². The van der Waals surface area contributed by atoms with Crippen LogP contribution in [0.5, 0.6) is 0 Å². The minimum atomic E-state index is 0.0625. The van der Waals surface area contributed by atoms with Crippen molar-refractivity contribution in [2.24, 2.45) is 5.84 Å². The number of hydrogen-bond donors (Lipinski definition) is 2. The summed E-state index contributed by atoms with van der Waals surface area (Å²) in [5.74, 6) is 5.51. The van der Waals surface area contributed by atoms with E-state index >= 15 is 0 Å². The number of nitrogens with zero attached hydrogens (tertiary/aromatic N) is 1. The maximum atomic E-state index is 5.59. The Bertz CT molecular complexity index is 117. The Morgan fingerprint density at radius 1 is 1.50 bits per heavy atom. The van der Waals surface area contributed by atoms with Crippen molar-refractivity contribution < 1.29 is 4.74 Å². The highest BCUT2D eigenvalue weighted by Crippen LogP contribution is 2.22. The van der Waals surface area contributed by atoms with E-state index in [0.717, 1.165) is 32.8 Å². The fraction of sp³-hybridized carbons (Fsp3) is 1.00. The van der Waals surface area contributed by atoms with Crippen LogP contribution in [0.25, 0.3) is 0 Å². The lowest BCUT2D eigenvalue weighted by atomic mass is 9.95. The van der Waals surface area contributed by atoms with E-state index in [1.165, 1.54) is 0 Å². The van der Waals surface area contributed by atoms with Gasteiger partial charge in [0.2, 0.25) is 0 Å². The second kappa shape index (κ2) is 2.17. The van der Waals surface area contributed by atoms with Crippen LogP contribution in [-0.4, -0.2) is 43.4 Å². The lowest BCUT2D eigenvalue weighted by molar-refractivity contribution is -0.156. The molecule has 1 spiro atoms. The maximum absolute atomic E-state index is 5.59. The van der Waals surface area contributed by atoms with Gasteiger partial charge in [-0.3, -0.25) is 5.84 Å². The molecule has 0 unspecified atom stereocenters. The molecule has 0 aromatic rings. The zero-order chi connectivity index (χ0) is 7.03. The standard InChI is InChI=1S/C6H13N3O/c7-9-4-6(5-9)3-8-1-2-10-6/h8H,1-5,7H2. The number of morpholine rings is 1. The fourth-order valence-corrected chi connectivity index (χ4v) is 1.60. The average Bonchev–Trinajstić information content (AvgIpc) is 1.87. The van der Waals surface area contributed by atoms with Crippen molar-refractivity contribution >= 4 is 0 Å². The van der Waals surface area contributed by atoms with Crippen molar-refractivity contribution in [2.75, 3.05) is 32.8 Å². The molecule has 4 heteroatoms. The molecule has 2 heterocycles. The third-order valence-electron chi connectivity index (χ3n) is 2.12. The fourth-order valence-electron chi connectivity index (χ4n) is 1.60. The second-order valence-corrected chi connectivity index (χ2v) is 3.11. The Balaban J connectivity index is 1.90. The van der Waals surface area contributed by atoms with E-state index in [4.69, 9.17) is 10.6 Å². The lowest BCUT2D eigenvalue weighted by Gasteiger charge is -2.49. The number of hydrogen-bond acceptors (Lipinski definition) is 4. The van der Waals surface area contributed by atoms with E-state index < -0.39 is 0 Å². The lowest BCUT2D eigenvalue weighted by Crippen LogP contribution is -2.71. The van der Waals surface area contributed by atoms with Crippen LogP contribution >= 0.6 is 0 Å². The molecule has 0 aliphatic carbocycles. The Labute approximate surface area is 60.3 Å². The van der Waals surface area contributed by atoms with Crippen LogP contribution < -0.4 is 11.2 Å². The molecule has 2 aliphatic rings. The minimum absolute atomic E-state index is 0.0625. The number of nitrogens with two attached hydrogens (primary N) is 1. The first-order chi connectivity index (χ1) is 4.81. The quantitative estimate of drug-likeness (QED) is 0.407. The van der Waals surface area contributed by atoms with Crippen LogP contribution in [0.15, 0.2) is 0 Å². The Hall–Kier alpha value is -0.160. The van der Waals surface area contributed by atoms with Gasteiger partial charge < -0.3 is 10.1 Å². The summed E-state index contributed by atoms with van der Waals surface area (Å²) in [7, 11) is 0. The van der Waals surface area contributed by atoms with Gasteiger partial charge in [0, 0.05) is 26.2 Å². The van der Waals surface area contributed by atoms with E-state index in [9.17, 15) is 0 Å². The van der Waals surface area contributed by atoms with Crippen LogP contribution in [0.1, 0.15) is 0 Å². The highest BCUT2D eigenvalue weighted by atomic mass is 16.5. The monoisotopic (exact) mass is 143 g/mol. The first kappa shape index (κ1) is 6.54. The smallest absolute Gasteiger partial charge is 0.109 e. The van der Waals surface area contributed by atoms with E-state index in [2.05, 4.69) is 5.32 Å². The summed E-state index contributed by atoms with van der Waals surface area (Å²) in [4.78, 5) is 0. The molecule has 58 valence electrons. The summed E-state index contributed by atoms with van der Waals surface area (Å²) in [5.41, 5.74) is 0.0625. The molecule has 3 N–H and O–H groups in total. The predicted molar refractivity (Wildman–Crippen MR) is 37.3 cm³/mol. The van der Waals surface area contributed by atoms with Gasteiger partial charge in [-0.15, -0.1) is 0 Å². The summed E-state index contributed by atoms with van der Waals surface area (Å²) in [5, 5.41) is 5.08. The van der Waals surface area contributed by atoms with Crippen molar-refractivity contribution in [1.29, 1.82) is 0 Å². The Kier molecular flexibility index (Phi) is 1.42. The van der Waals surface area contributed by atoms with Gasteiger partial charge >= 0.3 is 0 Å². The molecule has 2 saturated heterocycles. The molecule has 0 amide bonds. The van der Waals surface area contributed by atoms with Crippen LogP contribution in [0, 0.1) is 0 Å². The van der Waals surface area contributed by atoms with Crippen molar-refractivity contribution in [2.45, 2.75) is 5.60 Å². The first-order valence-corrected chi connectivity index (χ1v) is 3.65. The van der Waals surface area contributed by atoms with Gasteiger partial charge in [0.25, 0.3) is 0 Å². The SMILES string of the molecule is NN1CC2(CNCCO2)C1. The molecule has 2 fully saturated rings. The highest BCUT2D eigenvalue weighted by Gasteiger charge is 2.43. The molecule has 4 nitrogen and oxygen atoms in total. The molecule has 0 bridgehead atoms. The van der Waals surface area contributed by atoms with E-state index in [0.29, 0.717) is 0 Å². The normalized spacial score (nSPS) is 32.1. The Morgan fingerprint density at radius 2 is 2.30 bits per heavy atom. The molecular formula is C6H13N3O. The summed E-state index contributed by atoms with van der Waals surface area (Å²) in [6, 6.07) is 0. The zero-order valence-electron chi connectivity index (χ0n) is 5.97. The molecule has 0 aromatic heterocycles. The molecule has 2 aliphatic heterocycles. The molecule has 0 radical (unpaired) electrons. The second-order valence-electron chi connectivity index (χ2n) is 3.11. The summed E-state index contributed by atoms with van der Waals surface area (Å²) >= 11 is 0. The van der Waals surface area contributed by atoms with Crippen LogP contribution in [0.2, 0.25) is 0 Å². The molecule has 2 rings (SSSR count). The average molecular weight is 143 g/mol. The minimum Gasteiger partial charge on any atom is -0.370 e. The van der Waals surface area contributed by atoms with E-state index in [1.807, 2.05) is 0 Å². The highest BCUT2D eigenvalue weighted by molar-refractivity contribution is 4.98. The third kappa shape index (κ3) is 0.932. The molecule has 0 atom stereocenters. The van der Waals surface area contributed by atoms with E-state index in [-0.39, 0.29) is 5.60 Å². The van der Waals surface area contributed by atoms with Crippen LogP contribution in [-0.2, 0) is 4.74 Å². The molecule has 0 aromatic carbocycles. The zero-order valence-corrected chi connectivity index (χ0v) is 5.97. The molecule has 10 heavy (non-hydrogen) atoms. The van der Waals surface area contributed by atoms with Gasteiger partial charge in [-0.2, -0.15) is 0 Å². The number of hydrazine groups is 1. The topological polar surface area (TPSA) is 50.5 Å².